The molecule has 2 aromatic carbocycles. The Morgan fingerprint density at radius 1 is 1.10 bits per heavy atom. The van der Waals surface area contributed by atoms with Crippen molar-refractivity contribution < 1.29 is 22.7 Å². The van der Waals surface area contributed by atoms with Gasteiger partial charge in [0, 0.05) is 35.8 Å². The van der Waals surface area contributed by atoms with Crippen molar-refractivity contribution in [2.75, 3.05) is 18.1 Å². The predicted molar refractivity (Wildman–Crippen MR) is 146 cm³/mol. The van der Waals surface area contributed by atoms with Crippen molar-refractivity contribution in [2.45, 2.75) is 69.2 Å². The molecule has 216 valence electrons. The molecule has 1 unspecified atom stereocenters. The molecule has 0 spiro atoms. The Bertz CT molecular complexity index is 1490. The van der Waals surface area contributed by atoms with Crippen molar-refractivity contribution in [1.82, 2.24) is 20.1 Å². The maximum atomic E-state index is 14.5. The Labute approximate surface area is 237 Å². The first-order chi connectivity index (χ1) is 19.6. The van der Waals surface area contributed by atoms with Crippen molar-refractivity contribution in [2.24, 2.45) is 18.9 Å². The number of aromatic nitrogens is 3. The van der Waals surface area contributed by atoms with Gasteiger partial charge in [0.05, 0.1) is 31.2 Å². The monoisotopic (exact) mass is 565 g/mol. The number of rotatable bonds is 8. The van der Waals surface area contributed by atoms with Crippen LogP contribution in [0.4, 0.5) is 18.9 Å². The van der Waals surface area contributed by atoms with E-state index < -0.39 is 17.6 Å². The van der Waals surface area contributed by atoms with Gasteiger partial charge in [-0.25, -0.2) is 0 Å². The number of carbonyl (C=O) groups is 1. The average Bonchev–Trinajstić information content (AvgIpc) is 3.57. The highest BCUT2D eigenvalue weighted by Crippen LogP contribution is 2.48. The van der Waals surface area contributed by atoms with Crippen molar-refractivity contribution in [3.05, 3.63) is 76.4 Å². The van der Waals surface area contributed by atoms with E-state index in [0.717, 1.165) is 43.5 Å². The summed E-state index contributed by atoms with van der Waals surface area (Å²) in [5, 5.41) is 12.1. The predicted octanol–water partition coefficient (Wildman–Crippen LogP) is 5.76. The van der Waals surface area contributed by atoms with E-state index in [2.05, 4.69) is 22.4 Å². The second kappa shape index (κ2) is 9.66. The number of anilines is 1. The lowest BCUT2D eigenvalue weighted by atomic mass is 9.77. The molecule has 1 aromatic heterocycles. The largest absolute Gasteiger partial charge is 0.416 e. The highest BCUT2D eigenvalue weighted by molar-refractivity contribution is 6.10. The summed E-state index contributed by atoms with van der Waals surface area (Å²) in [4.78, 5) is 15.3. The van der Waals surface area contributed by atoms with Crippen LogP contribution >= 0.6 is 0 Å². The topological polar surface area (TPSA) is 72.3 Å². The third kappa shape index (κ3) is 4.74. The minimum atomic E-state index is -4.56. The zero-order valence-electron chi connectivity index (χ0n) is 23.2. The Balaban J connectivity index is 1.25. The van der Waals surface area contributed by atoms with E-state index in [9.17, 15) is 18.0 Å². The molecule has 2 aliphatic carbocycles. The SMILES string of the molecule is Cn1cnnc1[C@@H](c1cccc(N2Cc3c(cc(C(NC4(C)CCC4)C4CC4)cc3C(F)(F)F)C2=O)c1)C1COC1. The summed E-state index contributed by atoms with van der Waals surface area (Å²) in [6, 6.07) is 10.4. The summed E-state index contributed by atoms with van der Waals surface area (Å²) in [6.45, 7) is 3.20. The van der Waals surface area contributed by atoms with Crippen molar-refractivity contribution in [1.29, 1.82) is 0 Å². The lowest BCUT2D eigenvalue weighted by Crippen LogP contribution is -2.50. The lowest BCUT2D eigenvalue weighted by Gasteiger charge is -2.43. The normalized spacial score (nSPS) is 21.8. The van der Waals surface area contributed by atoms with E-state index in [0.29, 0.717) is 30.4 Å². The van der Waals surface area contributed by atoms with Crippen LogP contribution in [0, 0.1) is 11.8 Å². The number of hydrogen-bond acceptors (Lipinski definition) is 5. The van der Waals surface area contributed by atoms with E-state index in [1.165, 1.54) is 11.0 Å². The molecule has 7 rings (SSSR count). The third-order valence-corrected chi connectivity index (χ3v) is 9.48. The number of benzene rings is 2. The van der Waals surface area contributed by atoms with Gasteiger partial charge in [-0.05, 0) is 85.9 Å². The van der Waals surface area contributed by atoms with Gasteiger partial charge in [-0.1, -0.05) is 12.1 Å². The first-order valence-corrected chi connectivity index (χ1v) is 14.5. The molecule has 1 amide bonds. The molecule has 2 aliphatic heterocycles. The van der Waals surface area contributed by atoms with Crippen LogP contribution in [0.3, 0.4) is 0 Å². The van der Waals surface area contributed by atoms with Crippen molar-refractivity contribution in [3.63, 3.8) is 0 Å². The van der Waals surface area contributed by atoms with Gasteiger partial charge in [-0.15, -0.1) is 10.2 Å². The molecule has 3 heterocycles. The Morgan fingerprint density at radius 2 is 1.88 bits per heavy atom. The zero-order chi connectivity index (χ0) is 28.5. The van der Waals surface area contributed by atoms with Gasteiger partial charge >= 0.3 is 6.18 Å². The fourth-order valence-corrected chi connectivity index (χ4v) is 6.74. The number of ether oxygens (including phenoxy) is 1. The second-order valence-corrected chi connectivity index (χ2v) is 12.5. The van der Waals surface area contributed by atoms with E-state index in [-0.39, 0.29) is 41.1 Å². The minimum Gasteiger partial charge on any atom is -0.381 e. The lowest BCUT2D eigenvalue weighted by molar-refractivity contribution is -0.138. The van der Waals surface area contributed by atoms with Gasteiger partial charge in [0.1, 0.15) is 12.2 Å². The summed E-state index contributed by atoms with van der Waals surface area (Å²) in [5.41, 5.74) is 1.52. The molecule has 2 atom stereocenters. The van der Waals surface area contributed by atoms with Crippen molar-refractivity contribution in [3.8, 4) is 0 Å². The molecule has 10 heteroatoms. The highest BCUT2D eigenvalue weighted by Gasteiger charge is 2.44. The second-order valence-electron chi connectivity index (χ2n) is 12.5. The van der Waals surface area contributed by atoms with Gasteiger partial charge < -0.3 is 19.5 Å². The van der Waals surface area contributed by atoms with Gasteiger partial charge in [-0.3, -0.25) is 4.79 Å². The summed E-state index contributed by atoms with van der Waals surface area (Å²) in [7, 11) is 1.89. The summed E-state index contributed by atoms with van der Waals surface area (Å²) in [6.07, 6.45) is 2.20. The molecule has 2 saturated carbocycles. The fourth-order valence-electron chi connectivity index (χ4n) is 6.74. The number of amides is 1. The Morgan fingerprint density at radius 3 is 2.46 bits per heavy atom. The van der Waals surface area contributed by atoms with Gasteiger partial charge in [0.25, 0.3) is 5.91 Å². The molecule has 4 aliphatic rings. The number of fused-ring (bicyclic) bond motifs is 1. The number of carbonyl (C=O) groups excluding carboxylic acids is 1. The number of halogens is 3. The minimum absolute atomic E-state index is 0.0540. The average molecular weight is 566 g/mol. The van der Waals surface area contributed by atoms with Crippen LogP contribution in [0.5, 0.6) is 0 Å². The molecule has 7 nitrogen and oxygen atoms in total. The molecular weight excluding hydrogens is 531 g/mol. The standard InChI is InChI=1S/C31H34F3N5O2/c1-30(9-4-10-30)36-27(18-7-8-18)20-12-23-24(25(13-20)31(32,33)34)14-39(29(23)40)22-6-3-5-19(11-22)26(21-15-41-16-21)28-37-35-17-38(28)2/h3,5-6,11-13,17-18,21,26-27,36H,4,7-10,14-16H2,1-2H3/t26-,27?/m0/s1. The van der Waals surface area contributed by atoms with Gasteiger partial charge in [0.2, 0.25) is 0 Å². The van der Waals surface area contributed by atoms with Crippen LogP contribution in [0.25, 0.3) is 0 Å². The first kappa shape index (κ1) is 26.6. The van der Waals surface area contributed by atoms with Crippen LogP contribution < -0.4 is 10.2 Å². The fraction of sp³-hybridized carbons (Fsp3) is 0.516. The highest BCUT2D eigenvalue weighted by atomic mass is 19.4. The Hall–Kier alpha value is -3.24. The van der Waals surface area contributed by atoms with E-state index in [1.807, 2.05) is 29.8 Å². The van der Waals surface area contributed by atoms with E-state index >= 15 is 0 Å². The smallest absolute Gasteiger partial charge is 0.381 e. The molecule has 3 aromatic rings. The summed E-state index contributed by atoms with van der Waals surface area (Å²) in [5.74, 6) is 0.782. The Kier molecular flexibility index (Phi) is 6.28. The van der Waals surface area contributed by atoms with Crippen LogP contribution in [0.15, 0.2) is 42.7 Å². The molecule has 3 fully saturated rings. The van der Waals surface area contributed by atoms with Crippen LogP contribution in [0.2, 0.25) is 0 Å². The number of alkyl halides is 3. The maximum absolute atomic E-state index is 14.5. The molecular formula is C31H34F3N5O2. The molecule has 1 N–H and O–H groups in total. The summed E-state index contributed by atoms with van der Waals surface area (Å²) >= 11 is 0. The number of hydrogen-bond donors (Lipinski definition) is 1. The van der Waals surface area contributed by atoms with Crippen LogP contribution in [0.1, 0.15) is 89.4 Å². The first-order valence-electron chi connectivity index (χ1n) is 14.5. The molecule has 0 radical (unpaired) electrons. The van der Waals surface area contributed by atoms with Gasteiger partial charge in [-0.2, -0.15) is 13.2 Å². The zero-order valence-corrected chi connectivity index (χ0v) is 23.2. The van der Waals surface area contributed by atoms with Gasteiger partial charge in [0.15, 0.2) is 0 Å². The third-order valence-electron chi connectivity index (χ3n) is 9.48. The number of aryl methyl sites for hydroxylation is 1. The van der Waals surface area contributed by atoms with Crippen LogP contribution in [-0.2, 0) is 24.5 Å². The van der Waals surface area contributed by atoms with E-state index in [1.54, 1.807) is 18.5 Å². The maximum Gasteiger partial charge on any atom is 0.416 e. The van der Waals surface area contributed by atoms with Crippen LogP contribution in [-0.4, -0.2) is 39.4 Å². The molecule has 41 heavy (non-hydrogen) atoms. The summed E-state index contributed by atoms with van der Waals surface area (Å²) < 4.78 is 50.8. The van der Waals surface area contributed by atoms with Crippen molar-refractivity contribution >= 4 is 11.6 Å². The molecule has 0 bridgehead atoms. The number of nitrogens with zero attached hydrogens (tertiary/aromatic N) is 4. The quantitative estimate of drug-likeness (QED) is 0.376. The number of nitrogens with one attached hydrogen (secondary N) is 1. The molecule has 1 saturated heterocycles. The van der Waals surface area contributed by atoms with E-state index in [4.69, 9.17) is 4.74 Å².